The van der Waals surface area contributed by atoms with E-state index in [0.717, 1.165) is 22.9 Å². The predicted molar refractivity (Wildman–Crippen MR) is 105 cm³/mol. The van der Waals surface area contributed by atoms with Gasteiger partial charge in [0.15, 0.2) is 6.10 Å². The van der Waals surface area contributed by atoms with E-state index in [1.807, 2.05) is 37.3 Å². The Balaban J connectivity index is 2.15. The average Bonchev–Trinajstić information content (AvgIpc) is 2.49. The van der Waals surface area contributed by atoms with Crippen molar-refractivity contribution in [2.75, 3.05) is 0 Å². The van der Waals surface area contributed by atoms with Gasteiger partial charge in [0.25, 0.3) is 5.91 Å². The summed E-state index contributed by atoms with van der Waals surface area (Å²) in [6.07, 6.45) is 1.03. The van der Waals surface area contributed by atoms with Gasteiger partial charge in [0.1, 0.15) is 5.75 Å². The van der Waals surface area contributed by atoms with Crippen molar-refractivity contribution in [3.8, 4) is 5.75 Å². The molecule has 2 aromatic rings. The Hall–Kier alpha value is -2.03. The summed E-state index contributed by atoms with van der Waals surface area (Å²) in [5.41, 5.74) is -0.125. The van der Waals surface area contributed by atoms with Crippen LogP contribution < -0.4 is 10.1 Å². The van der Waals surface area contributed by atoms with Crippen molar-refractivity contribution in [1.82, 2.24) is 5.32 Å². The highest BCUT2D eigenvalue weighted by Gasteiger charge is 2.30. The monoisotopic (exact) mass is 341 g/mol. The van der Waals surface area contributed by atoms with E-state index in [-0.39, 0.29) is 16.9 Å². The zero-order valence-corrected chi connectivity index (χ0v) is 16.3. The summed E-state index contributed by atoms with van der Waals surface area (Å²) in [5.74, 6) is 0.707. The van der Waals surface area contributed by atoms with E-state index in [0.29, 0.717) is 6.42 Å². The van der Waals surface area contributed by atoms with Gasteiger partial charge in [-0.2, -0.15) is 0 Å². The van der Waals surface area contributed by atoms with E-state index in [4.69, 9.17) is 4.74 Å². The van der Waals surface area contributed by atoms with E-state index in [9.17, 15) is 4.79 Å². The first-order valence-corrected chi connectivity index (χ1v) is 9.08. The molecule has 2 aromatic carbocycles. The molecule has 0 unspecified atom stereocenters. The Morgan fingerprint density at radius 1 is 1.04 bits per heavy atom. The standard InChI is InChI=1S/C22H31NO2/c1-7-18(20(24)23-22(5,6)15-21(2,3)4)25-19-14-10-12-16-11-8-9-13-17(16)19/h8-14,18H,7,15H2,1-6H3,(H,23,24)/t18-/m1/s1. The first-order valence-electron chi connectivity index (χ1n) is 9.08. The molecule has 0 saturated carbocycles. The highest BCUT2D eigenvalue weighted by atomic mass is 16.5. The first kappa shape index (κ1) is 19.3. The lowest BCUT2D eigenvalue weighted by Gasteiger charge is -2.34. The minimum atomic E-state index is -0.495. The van der Waals surface area contributed by atoms with Crippen LogP contribution in [0, 0.1) is 5.41 Å². The second kappa shape index (κ2) is 7.47. The number of hydrogen-bond acceptors (Lipinski definition) is 2. The molecule has 0 aliphatic carbocycles. The number of ether oxygens (including phenoxy) is 1. The van der Waals surface area contributed by atoms with Gasteiger partial charge in [-0.15, -0.1) is 0 Å². The van der Waals surface area contributed by atoms with Crippen molar-refractivity contribution in [1.29, 1.82) is 0 Å². The smallest absolute Gasteiger partial charge is 0.261 e. The molecule has 1 atom stereocenters. The predicted octanol–water partition coefficient (Wildman–Crippen LogP) is 5.33. The summed E-state index contributed by atoms with van der Waals surface area (Å²) in [6.45, 7) is 12.7. The van der Waals surface area contributed by atoms with Crippen LogP contribution in [-0.2, 0) is 4.79 Å². The van der Waals surface area contributed by atoms with Crippen LogP contribution in [0.15, 0.2) is 42.5 Å². The summed E-state index contributed by atoms with van der Waals surface area (Å²) >= 11 is 0. The molecule has 0 fully saturated rings. The summed E-state index contributed by atoms with van der Waals surface area (Å²) in [5, 5.41) is 5.31. The Morgan fingerprint density at radius 2 is 1.68 bits per heavy atom. The molecule has 2 rings (SSSR count). The molecule has 0 spiro atoms. The van der Waals surface area contributed by atoms with Crippen LogP contribution in [0.1, 0.15) is 54.4 Å². The third-order valence-corrected chi connectivity index (χ3v) is 4.12. The lowest BCUT2D eigenvalue weighted by molar-refractivity contribution is -0.130. The number of nitrogens with one attached hydrogen (secondary N) is 1. The third kappa shape index (κ3) is 5.48. The molecule has 0 radical (unpaired) electrons. The summed E-state index contributed by atoms with van der Waals surface area (Å²) in [6, 6.07) is 14.0. The van der Waals surface area contributed by atoms with Crippen LogP contribution in [0.3, 0.4) is 0 Å². The summed E-state index contributed by atoms with van der Waals surface area (Å²) < 4.78 is 6.10. The van der Waals surface area contributed by atoms with Gasteiger partial charge in [-0.25, -0.2) is 0 Å². The van der Waals surface area contributed by atoms with Gasteiger partial charge in [-0.1, -0.05) is 64.1 Å². The van der Waals surface area contributed by atoms with Gasteiger partial charge in [0, 0.05) is 10.9 Å². The number of carbonyl (C=O) groups excluding carboxylic acids is 1. The molecule has 0 heterocycles. The molecule has 1 amide bonds. The van der Waals surface area contributed by atoms with Crippen LogP contribution in [0.4, 0.5) is 0 Å². The van der Waals surface area contributed by atoms with E-state index in [2.05, 4.69) is 52.1 Å². The molecule has 0 aromatic heterocycles. The molecular weight excluding hydrogens is 310 g/mol. The fourth-order valence-corrected chi connectivity index (χ4v) is 3.56. The Kier molecular flexibility index (Phi) is 5.76. The maximum absolute atomic E-state index is 12.8. The number of hydrogen-bond donors (Lipinski definition) is 1. The molecule has 3 heteroatoms. The highest BCUT2D eigenvalue weighted by molar-refractivity contribution is 5.89. The van der Waals surface area contributed by atoms with E-state index in [1.54, 1.807) is 0 Å². The van der Waals surface area contributed by atoms with Gasteiger partial charge < -0.3 is 10.1 Å². The Morgan fingerprint density at radius 3 is 2.32 bits per heavy atom. The lowest BCUT2D eigenvalue weighted by atomic mass is 9.81. The quantitative estimate of drug-likeness (QED) is 0.771. The third-order valence-electron chi connectivity index (χ3n) is 4.12. The summed E-state index contributed by atoms with van der Waals surface area (Å²) in [4.78, 5) is 12.8. The maximum Gasteiger partial charge on any atom is 0.261 e. The van der Waals surface area contributed by atoms with Gasteiger partial charge in [0.2, 0.25) is 0 Å². The topological polar surface area (TPSA) is 38.3 Å². The van der Waals surface area contributed by atoms with Crippen LogP contribution in [0.5, 0.6) is 5.75 Å². The molecule has 0 aliphatic heterocycles. The van der Waals surface area contributed by atoms with Crippen molar-refractivity contribution < 1.29 is 9.53 Å². The molecule has 136 valence electrons. The first-order chi connectivity index (χ1) is 11.6. The van der Waals surface area contributed by atoms with Crippen LogP contribution in [0.25, 0.3) is 10.8 Å². The zero-order valence-electron chi connectivity index (χ0n) is 16.3. The SMILES string of the molecule is CC[C@@H](Oc1cccc2ccccc12)C(=O)NC(C)(C)CC(C)(C)C. The molecule has 1 N–H and O–H groups in total. The number of benzene rings is 2. The molecule has 25 heavy (non-hydrogen) atoms. The Bertz CT molecular complexity index is 723. The summed E-state index contributed by atoms with van der Waals surface area (Å²) in [7, 11) is 0. The van der Waals surface area contributed by atoms with Crippen molar-refractivity contribution >= 4 is 16.7 Å². The normalized spacial score (nSPS) is 13.5. The molecular formula is C22H31NO2. The van der Waals surface area contributed by atoms with E-state index >= 15 is 0 Å². The van der Waals surface area contributed by atoms with Crippen molar-refractivity contribution in [2.45, 2.75) is 66.0 Å². The Labute approximate surface area is 151 Å². The fourth-order valence-electron chi connectivity index (χ4n) is 3.56. The van der Waals surface area contributed by atoms with Gasteiger partial charge in [-0.3, -0.25) is 4.79 Å². The van der Waals surface area contributed by atoms with Crippen LogP contribution >= 0.6 is 0 Å². The number of fused-ring (bicyclic) bond motifs is 1. The van der Waals surface area contributed by atoms with Gasteiger partial charge in [-0.05, 0) is 43.6 Å². The van der Waals surface area contributed by atoms with Crippen molar-refractivity contribution in [2.24, 2.45) is 5.41 Å². The second-order valence-corrected chi connectivity index (χ2v) is 8.60. The molecule has 0 bridgehead atoms. The van der Waals surface area contributed by atoms with Gasteiger partial charge in [0.05, 0.1) is 0 Å². The minimum Gasteiger partial charge on any atom is -0.480 e. The maximum atomic E-state index is 12.8. The largest absolute Gasteiger partial charge is 0.480 e. The number of carbonyl (C=O) groups is 1. The minimum absolute atomic E-state index is 0.0512. The molecule has 3 nitrogen and oxygen atoms in total. The van der Waals surface area contributed by atoms with Crippen molar-refractivity contribution in [3.05, 3.63) is 42.5 Å². The van der Waals surface area contributed by atoms with Gasteiger partial charge >= 0.3 is 0 Å². The van der Waals surface area contributed by atoms with E-state index in [1.165, 1.54) is 0 Å². The van der Waals surface area contributed by atoms with Crippen LogP contribution in [-0.4, -0.2) is 17.6 Å². The average molecular weight is 341 g/mol. The molecule has 0 saturated heterocycles. The highest BCUT2D eigenvalue weighted by Crippen LogP contribution is 2.28. The lowest BCUT2D eigenvalue weighted by Crippen LogP contribution is -2.50. The second-order valence-electron chi connectivity index (χ2n) is 8.60. The number of amides is 1. The van der Waals surface area contributed by atoms with Crippen LogP contribution in [0.2, 0.25) is 0 Å². The molecule has 0 aliphatic rings. The fraction of sp³-hybridized carbons (Fsp3) is 0.500. The van der Waals surface area contributed by atoms with E-state index < -0.39 is 6.10 Å². The van der Waals surface area contributed by atoms with Crippen molar-refractivity contribution in [3.63, 3.8) is 0 Å². The number of rotatable bonds is 6. The zero-order chi connectivity index (χ0) is 18.7.